The minimum Gasteiger partial charge on any atom is -0.493 e. The molecule has 0 aromatic heterocycles. The second-order valence-corrected chi connectivity index (χ2v) is 9.73. The first-order valence-electron chi connectivity index (χ1n) is 9.34. The number of amides is 1. The summed E-state index contributed by atoms with van der Waals surface area (Å²) in [6.45, 7) is 1.95. The van der Waals surface area contributed by atoms with E-state index in [-0.39, 0.29) is 30.0 Å². The molecule has 1 saturated heterocycles. The number of hydrogen-bond acceptors (Lipinski definition) is 5. The van der Waals surface area contributed by atoms with Gasteiger partial charge in [0.05, 0.1) is 18.6 Å². The quantitative estimate of drug-likeness (QED) is 0.664. The largest absolute Gasteiger partial charge is 0.493 e. The van der Waals surface area contributed by atoms with Gasteiger partial charge in [-0.1, -0.05) is 35.9 Å². The number of ether oxygens (including phenoxy) is 2. The Kier molecular flexibility index (Phi) is 6.70. The van der Waals surface area contributed by atoms with Crippen molar-refractivity contribution < 1.29 is 22.7 Å². The summed E-state index contributed by atoms with van der Waals surface area (Å²) >= 11 is 5.95. The van der Waals surface area contributed by atoms with Crippen LogP contribution in [0.2, 0.25) is 5.02 Å². The van der Waals surface area contributed by atoms with E-state index in [2.05, 4.69) is 0 Å². The van der Waals surface area contributed by atoms with Gasteiger partial charge in [0.2, 0.25) is 0 Å². The summed E-state index contributed by atoms with van der Waals surface area (Å²) in [5.74, 6) is 0.770. The molecule has 0 radical (unpaired) electrons. The lowest BCUT2D eigenvalue weighted by Crippen LogP contribution is -2.46. The van der Waals surface area contributed by atoms with Gasteiger partial charge >= 0.3 is 0 Å². The van der Waals surface area contributed by atoms with Crippen LogP contribution in [-0.4, -0.2) is 50.0 Å². The van der Waals surface area contributed by atoms with E-state index in [4.69, 9.17) is 21.1 Å². The van der Waals surface area contributed by atoms with E-state index in [1.807, 2.05) is 18.2 Å². The highest BCUT2D eigenvalue weighted by molar-refractivity contribution is 7.91. The smallest absolute Gasteiger partial charge is 0.263 e. The molecule has 2 aromatic carbocycles. The monoisotopic (exact) mass is 437 g/mol. The average Bonchev–Trinajstić information content (AvgIpc) is 3.06. The maximum Gasteiger partial charge on any atom is 0.263 e. The number of benzene rings is 2. The predicted molar refractivity (Wildman–Crippen MR) is 112 cm³/mol. The van der Waals surface area contributed by atoms with Crippen molar-refractivity contribution >= 4 is 27.3 Å². The topological polar surface area (TPSA) is 72.9 Å². The fourth-order valence-corrected chi connectivity index (χ4v) is 5.24. The lowest BCUT2D eigenvalue weighted by atomic mass is 10.1. The lowest BCUT2D eigenvalue weighted by molar-refractivity contribution is -0.140. The summed E-state index contributed by atoms with van der Waals surface area (Å²) in [6, 6.07) is 13.9. The van der Waals surface area contributed by atoms with Crippen molar-refractivity contribution in [1.29, 1.82) is 0 Å². The summed E-state index contributed by atoms with van der Waals surface area (Å²) in [6.07, 6.45) is -0.384. The first kappa shape index (κ1) is 21.5. The van der Waals surface area contributed by atoms with Gasteiger partial charge in [-0.3, -0.25) is 4.79 Å². The van der Waals surface area contributed by atoms with Crippen molar-refractivity contribution in [1.82, 2.24) is 4.90 Å². The van der Waals surface area contributed by atoms with Gasteiger partial charge in [-0.15, -0.1) is 0 Å². The third kappa shape index (κ3) is 5.42. The zero-order chi connectivity index (χ0) is 21.0. The molecule has 1 fully saturated rings. The molecule has 6 nitrogen and oxygen atoms in total. The number of halogens is 1. The fourth-order valence-electron chi connectivity index (χ4n) is 3.39. The summed E-state index contributed by atoms with van der Waals surface area (Å²) in [4.78, 5) is 14.9. The number of nitrogens with zero attached hydrogens (tertiary/aromatic N) is 1. The molecule has 1 aliphatic heterocycles. The van der Waals surface area contributed by atoms with Crippen molar-refractivity contribution in [3.63, 3.8) is 0 Å². The highest BCUT2D eigenvalue weighted by atomic mass is 35.5. The van der Waals surface area contributed by atoms with Gasteiger partial charge < -0.3 is 14.4 Å². The third-order valence-corrected chi connectivity index (χ3v) is 6.92. The summed E-state index contributed by atoms with van der Waals surface area (Å²) in [7, 11) is -1.61. The van der Waals surface area contributed by atoms with Crippen molar-refractivity contribution in [3.05, 3.63) is 59.1 Å². The van der Waals surface area contributed by atoms with Crippen LogP contribution in [0.25, 0.3) is 0 Å². The van der Waals surface area contributed by atoms with E-state index in [1.54, 1.807) is 42.2 Å². The standard InChI is InChI=1S/C21H24ClNO5S/c1-15(28-20-6-4-3-5-19(20)27-2)21(24)23(18-11-12-29(25,26)14-18)13-16-7-9-17(22)10-8-16/h3-10,15,18H,11-14H2,1-2H3/t15-,18-/m0/s1. The van der Waals surface area contributed by atoms with Crippen LogP contribution in [-0.2, 0) is 21.2 Å². The minimum absolute atomic E-state index is 0.0340. The van der Waals surface area contributed by atoms with Crippen LogP contribution in [0.4, 0.5) is 0 Å². The zero-order valence-electron chi connectivity index (χ0n) is 16.4. The number of para-hydroxylation sites is 2. The first-order valence-corrected chi connectivity index (χ1v) is 11.5. The molecule has 1 aliphatic rings. The molecular formula is C21H24ClNO5S. The van der Waals surface area contributed by atoms with Gasteiger partial charge in [0.25, 0.3) is 5.91 Å². The Bertz CT molecular complexity index is 961. The van der Waals surface area contributed by atoms with Gasteiger partial charge in [-0.2, -0.15) is 0 Å². The Morgan fingerprint density at radius 3 is 2.41 bits per heavy atom. The van der Waals surface area contributed by atoms with Gasteiger partial charge in [0.1, 0.15) is 0 Å². The molecule has 1 heterocycles. The third-order valence-electron chi connectivity index (χ3n) is 4.92. The van der Waals surface area contributed by atoms with Gasteiger partial charge in [-0.25, -0.2) is 8.42 Å². The molecule has 0 unspecified atom stereocenters. The molecule has 1 amide bonds. The number of carbonyl (C=O) groups is 1. The SMILES string of the molecule is COc1ccccc1O[C@@H](C)C(=O)N(Cc1ccc(Cl)cc1)[C@H]1CCS(=O)(=O)C1. The summed E-state index contributed by atoms with van der Waals surface area (Å²) in [5, 5.41) is 0.600. The second-order valence-electron chi connectivity index (χ2n) is 7.06. The van der Waals surface area contributed by atoms with Gasteiger partial charge in [0.15, 0.2) is 27.4 Å². The van der Waals surface area contributed by atoms with Gasteiger partial charge in [-0.05, 0) is 43.2 Å². The van der Waals surface area contributed by atoms with Crippen molar-refractivity contribution in [2.24, 2.45) is 0 Å². The Balaban J connectivity index is 1.82. The molecule has 8 heteroatoms. The number of sulfone groups is 1. The van der Waals surface area contributed by atoms with Crippen LogP contribution in [0.3, 0.4) is 0 Å². The molecule has 3 rings (SSSR count). The van der Waals surface area contributed by atoms with Crippen LogP contribution in [0, 0.1) is 0 Å². The van der Waals surface area contributed by atoms with Crippen LogP contribution in [0.15, 0.2) is 48.5 Å². The normalized spacial score (nSPS) is 18.8. The molecule has 2 aromatic rings. The second kappa shape index (κ2) is 9.05. The van der Waals surface area contributed by atoms with E-state index in [0.717, 1.165) is 5.56 Å². The predicted octanol–water partition coefficient (Wildman–Crippen LogP) is 3.33. The van der Waals surface area contributed by atoms with Crippen molar-refractivity contribution in [2.45, 2.75) is 32.0 Å². The Labute approximate surface area is 176 Å². The minimum atomic E-state index is -3.14. The van der Waals surface area contributed by atoms with E-state index < -0.39 is 15.9 Å². The number of rotatable bonds is 7. The number of carbonyl (C=O) groups excluding carboxylic acids is 1. The zero-order valence-corrected chi connectivity index (χ0v) is 17.9. The highest BCUT2D eigenvalue weighted by Crippen LogP contribution is 2.28. The maximum atomic E-state index is 13.3. The number of hydrogen-bond donors (Lipinski definition) is 0. The van der Waals surface area contributed by atoms with Crippen LogP contribution < -0.4 is 9.47 Å². The first-order chi connectivity index (χ1) is 13.8. The molecule has 2 atom stereocenters. The molecule has 0 spiro atoms. The van der Waals surface area contributed by atoms with Crippen molar-refractivity contribution in [2.75, 3.05) is 18.6 Å². The van der Waals surface area contributed by atoms with E-state index in [9.17, 15) is 13.2 Å². The summed E-state index contributed by atoms with van der Waals surface area (Å²) < 4.78 is 35.2. The molecule has 0 aliphatic carbocycles. The molecule has 29 heavy (non-hydrogen) atoms. The molecule has 0 N–H and O–H groups in total. The molecule has 156 valence electrons. The molecule has 0 bridgehead atoms. The highest BCUT2D eigenvalue weighted by Gasteiger charge is 2.36. The van der Waals surface area contributed by atoms with E-state index in [1.165, 1.54) is 7.11 Å². The Hall–Kier alpha value is -2.25. The van der Waals surface area contributed by atoms with Crippen LogP contribution in [0.1, 0.15) is 18.9 Å². The maximum absolute atomic E-state index is 13.3. The fraction of sp³-hybridized carbons (Fsp3) is 0.381. The Morgan fingerprint density at radius 1 is 1.17 bits per heavy atom. The Morgan fingerprint density at radius 2 is 1.83 bits per heavy atom. The van der Waals surface area contributed by atoms with E-state index in [0.29, 0.717) is 22.9 Å². The summed E-state index contributed by atoms with van der Waals surface area (Å²) in [5.41, 5.74) is 0.872. The molecule has 0 saturated carbocycles. The number of methoxy groups -OCH3 is 1. The lowest BCUT2D eigenvalue weighted by Gasteiger charge is -2.31. The van der Waals surface area contributed by atoms with E-state index >= 15 is 0 Å². The van der Waals surface area contributed by atoms with Gasteiger partial charge in [0, 0.05) is 17.6 Å². The van der Waals surface area contributed by atoms with Crippen LogP contribution in [0.5, 0.6) is 11.5 Å². The van der Waals surface area contributed by atoms with Crippen molar-refractivity contribution in [3.8, 4) is 11.5 Å². The van der Waals surface area contributed by atoms with Crippen LogP contribution >= 0.6 is 11.6 Å². The molecular weight excluding hydrogens is 414 g/mol. The average molecular weight is 438 g/mol.